The minimum absolute atomic E-state index is 0.107. The molecule has 2 aliphatic rings. The number of rotatable bonds is 8. The molecular formula is C33H23N9O4. The highest BCUT2D eigenvalue weighted by Crippen LogP contribution is 2.44. The van der Waals surface area contributed by atoms with Crippen LogP contribution in [-0.2, 0) is 0 Å². The fraction of sp³-hybridized carbons (Fsp3) is 0. The molecular weight excluding hydrogens is 586 g/mol. The molecule has 0 atom stereocenters. The number of pyridine rings is 2. The number of fused-ring (bicyclic) bond motifs is 3. The van der Waals surface area contributed by atoms with Gasteiger partial charge in [-0.25, -0.2) is 9.97 Å². The molecule has 2 aromatic carbocycles. The zero-order valence-corrected chi connectivity index (χ0v) is 23.8. The first-order valence-electron chi connectivity index (χ1n) is 14.1. The minimum Gasteiger partial charge on any atom is -0.503 e. The monoisotopic (exact) mass is 609 g/mol. The van der Waals surface area contributed by atoms with E-state index >= 15 is 0 Å². The summed E-state index contributed by atoms with van der Waals surface area (Å²) in [6.07, 6.45) is 7.55. The number of aromatic nitrogens is 5. The first kappa shape index (κ1) is 26.7. The predicted molar refractivity (Wildman–Crippen MR) is 174 cm³/mol. The zero-order valence-electron chi connectivity index (χ0n) is 23.8. The van der Waals surface area contributed by atoms with Crippen LogP contribution in [0, 0.1) is 0 Å². The Kier molecular flexibility index (Phi) is 6.38. The maximum atomic E-state index is 11.3. The summed E-state index contributed by atoms with van der Waals surface area (Å²) < 4.78 is 11.2. The Labute approximate surface area is 260 Å². The summed E-state index contributed by atoms with van der Waals surface area (Å²) in [7, 11) is 0. The van der Waals surface area contributed by atoms with E-state index in [0.717, 1.165) is 11.4 Å². The smallest absolute Gasteiger partial charge is 0.230 e. The van der Waals surface area contributed by atoms with Crippen molar-refractivity contribution in [3.63, 3.8) is 0 Å². The summed E-state index contributed by atoms with van der Waals surface area (Å²) >= 11 is 0. The SMILES string of the molecule is Oc1c(Nc2ncnc(Nc3nc4occc4c(Nc4ccccc4)c3O)c3cncc2-3)nc2occc2c1Nc1ccccc1. The van der Waals surface area contributed by atoms with Gasteiger partial charge in [-0.05, 0) is 36.4 Å². The van der Waals surface area contributed by atoms with Gasteiger partial charge in [0.05, 0.1) is 34.7 Å². The lowest BCUT2D eigenvalue weighted by Crippen LogP contribution is -2.01. The van der Waals surface area contributed by atoms with Crippen molar-refractivity contribution in [1.82, 2.24) is 24.9 Å². The van der Waals surface area contributed by atoms with E-state index < -0.39 is 0 Å². The summed E-state index contributed by atoms with van der Waals surface area (Å²) in [6, 6.07) is 22.4. The first-order valence-corrected chi connectivity index (χ1v) is 14.1. The van der Waals surface area contributed by atoms with E-state index in [2.05, 4.69) is 46.2 Å². The molecule has 0 amide bonds. The molecule has 224 valence electrons. The molecule has 0 radical (unpaired) electrons. The van der Waals surface area contributed by atoms with Gasteiger partial charge in [-0.3, -0.25) is 4.98 Å². The minimum atomic E-state index is -0.135. The number of hydrogen-bond donors (Lipinski definition) is 6. The second-order valence-corrected chi connectivity index (χ2v) is 10.2. The molecule has 46 heavy (non-hydrogen) atoms. The van der Waals surface area contributed by atoms with E-state index in [1.165, 1.54) is 18.9 Å². The number of nitrogens with zero attached hydrogens (tertiary/aromatic N) is 5. The first-order chi connectivity index (χ1) is 22.6. The Morgan fingerprint density at radius 3 is 1.43 bits per heavy atom. The summed E-state index contributed by atoms with van der Waals surface area (Å²) in [6.45, 7) is 0. The van der Waals surface area contributed by atoms with Crippen LogP contribution in [-0.4, -0.2) is 35.1 Å². The third-order valence-corrected chi connectivity index (χ3v) is 7.32. The van der Waals surface area contributed by atoms with Gasteiger partial charge in [0.1, 0.15) is 18.0 Å². The maximum absolute atomic E-state index is 11.3. The molecule has 0 aliphatic carbocycles. The number of para-hydroxylation sites is 2. The number of furan rings is 2. The van der Waals surface area contributed by atoms with Crippen molar-refractivity contribution in [2.75, 3.05) is 21.3 Å². The van der Waals surface area contributed by atoms with E-state index in [4.69, 9.17) is 8.83 Å². The van der Waals surface area contributed by atoms with E-state index in [1.54, 1.807) is 24.5 Å². The van der Waals surface area contributed by atoms with Gasteiger partial charge in [0.2, 0.25) is 11.4 Å². The highest BCUT2D eigenvalue weighted by Gasteiger charge is 2.23. The van der Waals surface area contributed by atoms with Crippen LogP contribution in [0.15, 0.2) is 113 Å². The fourth-order valence-corrected chi connectivity index (χ4v) is 5.13. The van der Waals surface area contributed by atoms with Gasteiger partial charge >= 0.3 is 0 Å². The van der Waals surface area contributed by atoms with Crippen molar-refractivity contribution in [2.45, 2.75) is 0 Å². The average molecular weight is 610 g/mol. The quantitative estimate of drug-likeness (QED) is 0.0990. The second-order valence-electron chi connectivity index (χ2n) is 10.2. The Morgan fingerprint density at radius 2 is 0.978 bits per heavy atom. The molecule has 0 spiro atoms. The Bertz CT molecular complexity index is 2150. The third kappa shape index (κ3) is 4.73. The number of nitrogens with one attached hydrogen (secondary N) is 4. The van der Waals surface area contributed by atoms with Crippen molar-refractivity contribution < 1.29 is 19.0 Å². The zero-order chi connectivity index (χ0) is 31.0. The normalized spacial score (nSPS) is 11.2. The molecule has 0 fully saturated rings. The lowest BCUT2D eigenvalue weighted by atomic mass is 10.1. The number of hydrogen-bond acceptors (Lipinski definition) is 13. The predicted octanol–water partition coefficient (Wildman–Crippen LogP) is 7.64. The molecule has 6 heterocycles. The molecule has 6 N–H and O–H groups in total. The summed E-state index contributed by atoms with van der Waals surface area (Å²) in [4.78, 5) is 22.3. The van der Waals surface area contributed by atoms with E-state index in [9.17, 15) is 10.2 Å². The standard InChI is InChI=1S/C33H23N9O4/c43-26-24(37-18-7-3-1-4-8-18)20-11-13-45-32(20)41-30(26)39-28-22-15-34-16-23(22)29(36-17-35-28)40-31-27(44)25(21-12-14-46-33(21)42-31)38-19-9-5-2-6-10-19/h1-17,43-44H,(H4,35,36,37,38,39,40,41,42). The lowest BCUT2D eigenvalue weighted by Gasteiger charge is -2.14. The maximum Gasteiger partial charge on any atom is 0.230 e. The van der Waals surface area contributed by atoms with Gasteiger partial charge in [0, 0.05) is 34.9 Å². The third-order valence-electron chi connectivity index (χ3n) is 7.32. The van der Waals surface area contributed by atoms with E-state index in [-0.39, 0.29) is 23.1 Å². The molecule has 0 saturated heterocycles. The summed E-state index contributed by atoms with van der Waals surface area (Å²) in [5, 5.41) is 36.6. The number of anilines is 8. The molecule has 0 saturated carbocycles. The van der Waals surface area contributed by atoms with Gasteiger partial charge in [-0.1, -0.05) is 36.4 Å². The van der Waals surface area contributed by atoms with Crippen LogP contribution < -0.4 is 21.3 Å². The highest BCUT2D eigenvalue weighted by atomic mass is 16.3. The summed E-state index contributed by atoms with van der Waals surface area (Å²) in [5.74, 6) is 0.579. The van der Waals surface area contributed by atoms with Gasteiger partial charge in [-0.15, -0.1) is 0 Å². The number of benzene rings is 2. The Hall–Kier alpha value is -6.89. The molecule has 0 bridgehead atoms. The second kappa shape index (κ2) is 11.0. The Balaban J connectivity index is 1.14. The lowest BCUT2D eigenvalue weighted by molar-refractivity contribution is 0.477. The molecule has 4 aromatic heterocycles. The average Bonchev–Trinajstić information content (AvgIpc) is 3.84. The van der Waals surface area contributed by atoms with Crippen LogP contribution in [0.4, 0.5) is 46.0 Å². The van der Waals surface area contributed by atoms with Crippen LogP contribution in [0.25, 0.3) is 33.3 Å². The van der Waals surface area contributed by atoms with Crippen molar-refractivity contribution in [1.29, 1.82) is 0 Å². The Morgan fingerprint density at radius 1 is 0.522 bits per heavy atom. The molecule has 8 rings (SSSR count). The molecule has 13 heteroatoms. The molecule has 0 unspecified atom stereocenters. The van der Waals surface area contributed by atoms with Crippen LogP contribution in [0.2, 0.25) is 0 Å². The van der Waals surface area contributed by atoms with Gasteiger partial charge in [0.15, 0.2) is 23.1 Å². The summed E-state index contributed by atoms with van der Waals surface area (Å²) in [5.41, 5.74) is 4.11. The van der Waals surface area contributed by atoms with E-state index in [0.29, 0.717) is 56.3 Å². The van der Waals surface area contributed by atoms with Gasteiger partial charge < -0.3 is 40.3 Å². The van der Waals surface area contributed by atoms with Crippen LogP contribution >= 0.6 is 0 Å². The van der Waals surface area contributed by atoms with E-state index in [1.807, 2.05) is 60.7 Å². The molecule has 2 aliphatic heterocycles. The largest absolute Gasteiger partial charge is 0.503 e. The van der Waals surface area contributed by atoms with Crippen LogP contribution in [0.5, 0.6) is 11.5 Å². The van der Waals surface area contributed by atoms with Crippen molar-refractivity contribution >= 4 is 68.2 Å². The van der Waals surface area contributed by atoms with Crippen molar-refractivity contribution in [3.05, 3.63) is 104 Å². The van der Waals surface area contributed by atoms with Crippen molar-refractivity contribution in [2.24, 2.45) is 0 Å². The van der Waals surface area contributed by atoms with Crippen molar-refractivity contribution in [3.8, 4) is 22.6 Å². The van der Waals surface area contributed by atoms with Gasteiger partial charge in [-0.2, -0.15) is 9.97 Å². The van der Waals surface area contributed by atoms with Gasteiger partial charge in [0.25, 0.3) is 0 Å². The topological polar surface area (TPSA) is 179 Å². The van der Waals surface area contributed by atoms with Crippen LogP contribution in [0.1, 0.15) is 0 Å². The van der Waals surface area contributed by atoms with Crippen LogP contribution in [0.3, 0.4) is 0 Å². The number of aromatic hydroxyl groups is 2. The molecule has 6 aromatic rings. The molecule has 13 nitrogen and oxygen atoms in total. The fourth-order valence-electron chi connectivity index (χ4n) is 5.13. The highest BCUT2D eigenvalue weighted by molar-refractivity contribution is 5.99.